The molecule has 2 amide bonds. The zero-order valence-corrected chi connectivity index (χ0v) is 9.73. The zero-order chi connectivity index (χ0) is 13.0. The van der Waals surface area contributed by atoms with E-state index < -0.39 is 11.9 Å². The standard InChI is InChI=1S/C11H14N4O3/c16-9-5-4-8(14-15-9)11(18)13-7-3-1-2-6-12-10(7)17/h4-5,7H,1-3,6H2,(H,12,17)(H,13,18)(H,15,16)/t7-/m1/s1. The number of amides is 2. The van der Waals surface area contributed by atoms with Gasteiger partial charge in [0.15, 0.2) is 0 Å². The topological polar surface area (TPSA) is 104 Å². The number of H-pyrrole nitrogens is 1. The summed E-state index contributed by atoms with van der Waals surface area (Å²) in [6, 6.07) is 2.01. The summed E-state index contributed by atoms with van der Waals surface area (Å²) in [7, 11) is 0. The van der Waals surface area contributed by atoms with Crippen LogP contribution in [0.5, 0.6) is 0 Å². The third-order valence-electron chi connectivity index (χ3n) is 2.75. The molecule has 3 N–H and O–H groups in total. The van der Waals surface area contributed by atoms with Gasteiger partial charge in [0.2, 0.25) is 5.91 Å². The van der Waals surface area contributed by atoms with Crippen molar-refractivity contribution in [1.82, 2.24) is 20.8 Å². The number of carbonyl (C=O) groups excluding carboxylic acids is 2. The highest BCUT2D eigenvalue weighted by Crippen LogP contribution is 2.05. The first-order valence-corrected chi connectivity index (χ1v) is 5.81. The predicted octanol–water partition coefficient (Wildman–Crippen LogP) is -0.832. The SMILES string of the molecule is O=C(N[C@@H]1CCCCNC1=O)c1ccc(=O)[nH]n1. The molecule has 2 heterocycles. The van der Waals surface area contributed by atoms with Gasteiger partial charge in [0.05, 0.1) is 0 Å². The van der Waals surface area contributed by atoms with Crippen molar-refractivity contribution >= 4 is 11.8 Å². The van der Waals surface area contributed by atoms with Gasteiger partial charge in [-0.3, -0.25) is 14.4 Å². The lowest BCUT2D eigenvalue weighted by atomic mass is 10.1. The number of hydrogen-bond acceptors (Lipinski definition) is 4. The second kappa shape index (κ2) is 5.44. The van der Waals surface area contributed by atoms with E-state index in [1.165, 1.54) is 12.1 Å². The van der Waals surface area contributed by atoms with Crippen LogP contribution in [-0.2, 0) is 4.79 Å². The lowest BCUT2D eigenvalue weighted by Crippen LogP contribution is -2.45. The summed E-state index contributed by atoms with van der Waals surface area (Å²) in [4.78, 5) is 34.3. The van der Waals surface area contributed by atoms with Crippen LogP contribution in [0.15, 0.2) is 16.9 Å². The highest BCUT2D eigenvalue weighted by atomic mass is 16.2. The van der Waals surface area contributed by atoms with Crippen LogP contribution in [0.4, 0.5) is 0 Å². The van der Waals surface area contributed by atoms with Gasteiger partial charge < -0.3 is 10.6 Å². The normalized spacial score (nSPS) is 19.8. The molecule has 1 aromatic heterocycles. The van der Waals surface area contributed by atoms with Crippen molar-refractivity contribution in [3.05, 3.63) is 28.2 Å². The van der Waals surface area contributed by atoms with E-state index in [1.807, 2.05) is 0 Å². The molecule has 0 radical (unpaired) electrons. The zero-order valence-electron chi connectivity index (χ0n) is 9.73. The monoisotopic (exact) mass is 250 g/mol. The third kappa shape index (κ3) is 2.93. The van der Waals surface area contributed by atoms with Crippen LogP contribution in [0.25, 0.3) is 0 Å². The average Bonchev–Trinajstić information content (AvgIpc) is 2.56. The third-order valence-corrected chi connectivity index (χ3v) is 2.75. The number of nitrogens with one attached hydrogen (secondary N) is 3. The Kier molecular flexibility index (Phi) is 3.71. The Labute approximate surface area is 103 Å². The molecule has 1 aliphatic rings. The largest absolute Gasteiger partial charge is 0.354 e. The number of carbonyl (C=O) groups is 2. The molecule has 1 saturated heterocycles. The van der Waals surface area contributed by atoms with E-state index in [2.05, 4.69) is 20.8 Å². The summed E-state index contributed by atoms with van der Waals surface area (Å²) in [5.41, 5.74) is -0.287. The maximum absolute atomic E-state index is 11.8. The highest BCUT2D eigenvalue weighted by Gasteiger charge is 2.23. The van der Waals surface area contributed by atoms with Gasteiger partial charge in [-0.25, -0.2) is 5.10 Å². The molecule has 0 unspecified atom stereocenters. The molecule has 18 heavy (non-hydrogen) atoms. The van der Waals surface area contributed by atoms with Crippen molar-refractivity contribution < 1.29 is 9.59 Å². The summed E-state index contributed by atoms with van der Waals surface area (Å²) >= 11 is 0. The minimum Gasteiger partial charge on any atom is -0.354 e. The first-order chi connectivity index (χ1) is 8.66. The van der Waals surface area contributed by atoms with E-state index in [0.29, 0.717) is 13.0 Å². The van der Waals surface area contributed by atoms with Crippen molar-refractivity contribution in [2.45, 2.75) is 25.3 Å². The quantitative estimate of drug-likeness (QED) is 0.637. The first-order valence-electron chi connectivity index (χ1n) is 5.81. The van der Waals surface area contributed by atoms with Gasteiger partial charge >= 0.3 is 0 Å². The van der Waals surface area contributed by atoms with E-state index in [9.17, 15) is 14.4 Å². The maximum Gasteiger partial charge on any atom is 0.272 e. The van der Waals surface area contributed by atoms with Crippen LogP contribution in [0.3, 0.4) is 0 Å². The number of aromatic nitrogens is 2. The van der Waals surface area contributed by atoms with Gasteiger partial charge in [0.1, 0.15) is 11.7 Å². The van der Waals surface area contributed by atoms with Crippen LogP contribution >= 0.6 is 0 Å². The Balaban J connectivity index is 2.03. The van der Waals surface area contributed by atoms with E-state index in [1.54, 1.807) is 0 Å². The summed E-state index contributed by atoms with van der Waals surface area (Å²) in [6.45, 7) is 0.641. The minimum absolute atomic E-state index is 0.0895. The summed E-state index contributed by atoms with van der Waals surface area (Å²) in [5, 5.41) is 11.1. The van der Waals surface area contributed by atoms with Crippen LogP contribution in [-0.4, -0.2) is 34.6 Å². The fraction of sp³-hybridized carbons (Fsp3) is 0.455. The molecule has 1 atom stereocenters. The van der Waals surface area contributed by atoms with E-state index in [-0.39, 0.29) is 17.2 Å². The molecular formula is C11H14N4O3. The Morgan fingerprint density at radius 3 is 2.89 bits per heavy atom. The molecule has 2 rings (SSSR count). The Bertz CT molecular complexity index is 491. The molecule has 0 saturated carbocycles. The first kappa shape index (κ1) is 12.3. The van der Waals surface area contributed by atoms with Gasteiger partial charge in [-0.1, -0.05) is 0 Å². The highest BCUT2D eigenvalue weighted by molar-refractivity contribution is 5.95. The van der Waals surface area contributed by atoms with Crippen molar-refractivity contribution in [3.63, 3.8) is 0 Å². The van der Waals surface area contributed by atoms with Gasteiger partial charge in [-0.05, 0) is 25.3 Å². The Hall–Kier alpha value is -2.18. The smallest absolute Gasteiger partial charge is 0.272 e. The summed E-state index contributed by atoms with van der Waals surface area (Å²) in [6.07, 6.45) is 2.40. The molecule has 96 valence electrons. The average molecular weight is 250 g/mol. The van der Waals surface area contributed by atoms with Crippen molar-refractivity contribution in [2.75, 3.05) is 6.54 Å². The molecule has 1 aromatic rings. The van der Waals surface area contributed by atoms with Gasteiger partial charge in [-0.2, -0.15) is 5.10 Å². The second-order valence-corrected chi connectivity index (χ2v) is 4.12. The molecule has 0 spiro atoms. The Morgan fingerprint density at radius 1 is 1.33 bits per heavy atom. The molecular weight excluding hydrogens is 236 g/mol. The van der Waals surface area contributed by atoms with Crippen LogP contribution in [0.1, 0.15) is 29.8 Å². The van der Waals surface area contributed by atoms with E-state index >= 15 is 0 Å². The number of rotatable bonds is 2. The van der Waals surface area contributed by atoms with Crippen molar-refractivity contribution in [1.29, 1.82) is 0 Å². The maximum atomic E-state index is 11.8. The lowest BCUT2D eigenvalue weighted by Gasteiger charge is -2.14. The van der Waals surface area contributed by atoms with Gasteiger partial charge in [-0.15, -0.1) is 0 Å². The van der Waals surface area contributed by atoms with Crippen LogP contribution in [0, 0.1) is 0 Å². The summed E-state index contributed by atoms with van der Waals surface area (Å²) < 4.78 is 0. The van der Waals surface area contributed by atoms with E-state index in [4.69, 9.17) is 0 Å². The van der Waals surface area contributed by atoms with Crippen molar-refractivity contribution in [3.8, 4) is 0 Å². The Morgan fingerprint density at radius 2 is 2.17 bits per heavy atom. The second-order valence-electron chi connectivity index (χ2n) is 4.12. The fourth-order valence-corrected chi connectivity index (χ4v) is 1.78. The van der Waals surface area contributed by atoms with Gasteiger partial charge in [0, 0.05) is 12.6 Å². The number of aromatic amines is 1. The molecule has 1 aliphatic heterocycles. The van der Waals surface area contributed by atoms with Crippen LogP contribution < -0.4 is 16.2 Å². The lowest BCUT2D eigenvalue weighted by molar-refractivity contribution is -0.122. The molecule has 1 fully saturated rings. The van der Waals surface area contributed by atoms with E-state index in [0.717, 1.165) is 12.8 Å². The van der Waals surface area contributed by atoms with Crippen LogP contribution in [0.2, 0.25) is 0 Å². The summed E-state index contributed by atoms with van der Waals surface area (Å²) in [5.74, 6) is -0.640. The minimum atomic E-state index is -0.534. The van der Waals surface area contributed by atoms with Crippen molar-refractivity contribution in [2.24, 2.45) is 0 Å². The molecule has 0 aliphatic carbocycles. The predicted molar refractivity (Wildman–Crippen MR) is 63.0 cm³/mol. The molecule has 7 nitrogen and oxygen atoms in total. The molecule has 0 aromatic carbocycles. The van der Waals surface area contributed by atoms with Gasteiger partial charge in [0.25, 0.3) is 11.5 Å². The molecule has 0 bridgehead atoms. The number of hydrogen-bond donors (Lipinski definition) is 3. The molecule has 7 heteroatoms. The fourth-order valence-electron chi connectivity index (χ4n) is 1.78. The number of nitrogens with zero attached hydrogens (tertiary/aromatic N) is 1.